The van der Waals surface area contributed by atoms with Crippen molar-refractivity contribution in [3.8, 4) is 11.5 Å². The largest absolute Gasteiger partial charge is 0.497 e. The van der Waals surface area contributed by atoms with E-state index < -0.39 is 28.5 Å². The van der Waals surface area contributed by atoms with Gasteiger partial charge >= 0.3 is 0 Å². The Morgan fingerprint density at radius 3 is 2.05 bits per heavy atom. The number of rotatable bonds is 14. The molecule has 220 valence electrons. The van der Waals surface area contributed by atoms with Gasteiger partial charge in [0.25, 0.3) is 10.0 Å². The van der Waals surface area contributed by atoms with Crippen LogP contribution in [0.25, 0.3) is 0 Å². The van der Waals surface area contributed by atoms with Gasteiger partial charge in [0.05, 0.1) is 24.3 Å². The van der Waals surface area contributed by atoms with Crippen molar-refractivity contribution >= 4 is 43.5 Å². The van der Waals surface area contributed by atoms with Crippen LogP contribution in [0.5, 0.6) is 11.5 Å². The second-order valence-corrected chi connectivity index (χ2v) is 11.9. The van der Waals surface area contributed by atoms with Crippen molar-refractivity contribution in [1.82, 2.24) is 10.2 Å². The predicted octanol–water partition coefficient (Wildman–Crippen LogP) is 5.00. The Morgan fingerprint density at radius 2 is 1.51 bits per heavy atom. The van der Waals surface area contributed by atoms with Crippen LogP contribution in [0, 0.1) is 0 Å². The third-order valence-corrected chi connectivity index (χ3v) is 8.68. The van der Waals surface area contributed by atoms with Crippen LogP contribution in [0.4, 0.5) is 5.69 Å². The van der Waals surface area contributed by atoms with E-state index in [1.165, 1.54) is 17.0 Å². The molecule has 0 fully saturated rings. The Bertz CT molecular complexity index is 1400. The number of hydrogen-bond acceptors (Lipinski definition) is 6. The second-order valence-electron chi connectivity index (χ2n) is 9.08. The first-order valence-electron chi connectivity index (χ1n) is 13.4. The Labute approximate surface area is 250 Å². The molecule has 1 N–H and O–H groups in total. The molecular formula is C30H36BrN3O6S. The summed E-state index contributed by atoms with van der Waals surface area (Å²) in [6.45, 7) is 5.92. The SMILES string of the molecule is CCNC(=O)[C@@H](CC)N(Cc1ccc(OC)cc1)C(=O)CN(c1ccc(OCC)cc1)S(=O)(=O)c1ccc(Br)cc1. The van der Waals surface area contributed by atoms with Gasteiger partial charge in [0.15, 0.2) is 0 Å². The molecule has 0 aliphatic rings. The summed E-state index contributed by atoms with van der Waals surface area (Å²) in [5, 5.41) is 2.80. The number of carbonyl (C=O) groups is 2. The molecule has 3 aromatic rings. The van der Waals surface area contributed by atoms with E-state index in [0.29, 0.717) is 36.8 Å². The van der Waals surface area contributed by atoms with Crippen molar-refractivity contribution < 1.29 is 27.5 Å². The smallest absolute Gasteiger partial charge is 0.264 e. The summed E-state index contributed by atoms with van der Waals surface area (Å²) in [7, 11) is -2.60. The van der Waals surface area contributed by atoms with Gasteiger partial charge in [0, 0.05) is 17.6 Å². The number of methoxy groups -OCH3 is 1. The minimum Gasteiger partial charge on any atom is -0.497 e. The average Bonchev–Trinajstić information content (AvgIpc) is 2.97. The first-order valence-corrected chi connectivity index (χ1v) is 15.6. The number of hydrogen-bond donors (Lipinski definition) is 1. The molecule has 0 radical (unpaired) electrons. The van der Waals surface area contributed by atoms with Crippen molar-refractivity contribution in [2.75, 3.05) is 31.1 Å². The number of nitrogens with zero attached hydrogens (tertiary/aromatic N) is 2. The number of ether oxygens (including phenoxy) is 2. The number of likely N-dealkylation sites (N-methyl/N-ethyl adjacent to an activating group) is 1. The molecule has 3 aromatic carbocycles. The molecule has 0 unspecified atom stereocenters. The van der Waals surface area contributed by atoms with Crippen molar-refractivity contribution in [3.05, 3.63) is 82.8 Å². The maximum atomic E-state index is 14.0. The van der Waals surface area contributed by atoms with Crippen LogP contribution in [0.1, 0.15) is 32.8 Å². The highest BCUT2D eigenvalue weighted by Gasteiger charge is 2.33. The molecule has 0 aliphatic heterocycles. The monoisotopic (exact) mass is 645 g/mol. The van der Waals surface area contributed by atoms with Crippen molar-refractivity contribution in [3.63, 3.8) is 0 Å². The molecule has 0 aliphatic carbocycles. The fourth-order valence-corrected chi connectivity index (χ4v) is 5.96. The number of nitrogens with one attached hydrogen (secondary N) is 1. The zero-order valence-corrected chi connectivity index (χ0v) is 26.1. The molecule has 2 amide bonds. The lowest BCUT2D eigenvalue weighted by atomic mass is 10.1. The summed E-state index contributed by atoms with van der Waals surface area (Å²) in [5.41, 5.74) is 1.06. The lowest BCUT2D eigenvalue weighted by Gasteiger charge is -2.33. The average molecular weight is 647 g/mol. The molecule has 0 bridgehead atoms. The van der Waals surface area contributed by atoms with Crippen LogP contribution < -0.4 is 19.1 Å². The molecule has 0 saturated heterocycles. The molecule has 9 nitrogen and oxygen atoms in total. The first-order chi connectivity index (χ1) is 19.6. The van der Waals surface area contributed by atoms with Crippen molar-refractivity contribution in [2.24, 2.45) is 0 Å². The van der Waals surface area contributed by atoms with E-state index >= 15 is 0 Å². The van der Waals surface area contributed by atoms with Gasteiger partial charge in [-0.05, 0) is 86.5 Å². The fourth-order valence-electron chi connectivity index (χ4n) is 4.28. The van der Waals surface area contributed by atoms with Gasteiger partial charge < -0.3 is 19.7 Å². The number of halogens is 1. The van der Waals surface area contributed by atoms with Crippen molar-refractivity contribution in [1.29, 1.82) is 0 Å². The van der Waals surface area contributed by atoms with Crippen LogP contribution in [0.15, 0.2) is 82.2 Å². The van der Waals surface area contributed by atoms with E-state index in [2.05, 4.69) is 21.2 Å². The number of carbonyl (C=O) groups excluding carboxylic acids is 2. The van der Waals surface area contributed by atoms with Crippen LogP contribution in [-0.4, -0.2) is 58.0 Å². The third-order valence-electron chi connectivity index (χ3n) is 6.37. The van der Waals surface area contributed by atoms with Crippen molar-refractivity contribution in [2.45, 2.75) is 44.7 Å². The summed E-state index contributed by atoms with van der Waals surface area (Å²) < 4.78 is 40.4. The highest BCUT2D eigenvalue weighted by Crippen LogP contribution is 2.28. The number of amides is 2. The molecular weight excluding hydrogens is 610 g/mol. The molecule has 41 heavy (non-hydrogen) atoms. The fraction of sp³-hybridized carbons (Fsp3) is 0.333. The van der Waals surface area contributed by atoms with Crippen LogP contribution in [-0.2, 0) is 26.2 Å². The van der Waals surface area contributed by atoms with E-state index in [1.54, 1.807) is 62.6 Å². The lowest BCUT2D eigenvalue weighted by Crippen LogP contribution is -2.52. The molecule has 0 heterocycles. The summed E-state index contributed by atoms with van der Waals surface area (Å²) in [5.74, 6) is 0.408. The highest BCUT2D eigenvalue weighted by molar-refractivity contribution is 9.10. The molecule has 1 atom stereocenters. The standard InChI is InChI=1S/C30H36BrN3O6S/c1-5-28(30(36)32-6-2)33(20-22-8-14-25(39-4)15-9-22)29(35)21-34(24-12-16-26(17-13-24)40-7-3)41(37,38)27-18-10-23(31)11-19-27/h8-19,28H,5-7,20-21H2,1-4H3,(H,32,36)/t28-/m1/s1. The number of sulfonamides is 1. The van der Waals surface area contributed by atoms with E-state index in [0.717, 1.165) is 14.3 Å². The van der Waals surface area contributed by atoms with Crippen LogP contribution in [0.3, 0.4) is 0 Å². The molecule has 11 heteroatoms. The van der Waals surface area contributed by atoms with E-state index in [1.807, 2.05) is 26.0 Å². The Morgan fingerprint density at radius 1 is 0.902 bits per heavy atom. The Balaban J connectivity index is 2.05. The Hall–Kier alpha value is -3.57. The summed E-state index contributed by atoms with van der Waals surface area (Å²) in [6, 6.07) is 19.1. The zero-order chi connectivity index (χ0) is 30.0. The van der Waals surface area contributed by atoms with E-state index in [-0.39, 0.29) is 17.3 Å². The quantitative estimate of drug-likeness (QED) is 0.265. The molecule has 3 rings (SSSR count). The van der Waals surface area contributed by atoms with Gasteiger partial charge in [-0.25, -0.2) is 8.42 Å². The second kappa shape index (κ2) is 14.9. The maximum absolute atomic E-state index is 14.0. The topological polar surface area (TPSA) is 105 Å². The predicted molar refractivity (Wildman–Crippen MR) is 163 cm³/mol. The molecule has 0 spiro atoms. The van der Waals surface area contributed by atoms with Gasteiger partial charge in [-0.2, -0.15) is 0 Å². The molecule has 0 aromatic heterocycles. The van der Waals surface area contributed by atoms with Gasteiger partial charge in [0.2, 0.25) is 11.8 Å². The van der Waals surface area contributed by atoms with E-state index in [9.17, 15) is 18.0 Å². The van der Waals surface area contributed by atoms with Gasteiger partial charge in [-0.3, -0.25) is 13.9 Å². The summed E-state index contributed by atoms with van der Waals surface area (Å²) >= 11 is 3.34. The summed E-state index contributed by atoms with van der Waals surface area (Å²) in [4.78, 5) is 28.6. The minimum atomic E-state index is -4.16. The summed E-state index contributed by atoms with van der Waals surface area (Å²) in [6.07, 6.45) is 0.343. The normalized spacial score (nSPS) is 11.8. The number of anilines is 1. The van der Waals surface area contributed by atoms with Gasteiger partial charge in [-0.1, -0.05) is 35.0 Å². The number of benzene rings is 3. The zero-order valence-electron chi connectivity index (χ0n) is 23.7. The Kier molecular flexibility index (Phi) is 11.6. The van der Waals surface area contributed by atoms with Crippen LogP contribution >= 0.6 is 15.9 Å². The van der Waals surface area contributed by atoms with Crippen LogP contribution in [0.2, 0.25) is 0 Å². The third kappa shape index (κ3) is 8.23. The van der Waals surface area contributed by atoms with Gasteiger partial charge in [0.1, 0.15) is 24.1 Å². The lowest BCUT2D eigenvalue weighted by molar-refractivity contribution is -0.140. The van der Waals surface area contributed by atoms with Gasteiger partial charge in [-0.15, -0.1) is 0 Å². The van der Waals surface area contributed by atoms with E-state index in [4.69, 9.17) is 9.47 Å². The maximum Gasteiger partial charge on any atom is 0.264 e. The first kappa shape index (κ1) is 32.0. The highest BCUT2D eigenvalue weighted by atomic mass is 79.9. The molecule has 0 saturated carbocycles. The minimum absolute atomic E-state index is 0.0276.